The second-order valence-corrected chi connectivity index (χ2v) is 6.03. The Morgan fingerprint density at radius 2 is 2.16 bits per heavy atom. The lowest BCUT2D eigenvalue weighted by atomic mass is 10.1. The molecule has 0 radical (unpaired) electrons. The van der Waals surface area contributed by atoms with E-state index >= 15 is 0 Å². The quantitative estimate of drug-likeness (QED) is 0.839. The van der Waals surface area contributed by atoms with Gasteiger partial charge >= 0.3 is 0 Å². The summed E-state index contributed by atoms with van der Waals surface area (Å²) < 4.78 is 0. The summed E-state index contributed by atoms with van der Waals surface area (Å²) in [6.45, 7) is 3.25. The molecule has 0 saturated heterocycles. The molecule has 1 aliphatic carbocycles. The first kappa shape index (κ1) is 12.4. The second kappa shape index (κ2) is 4.46. The van der Waals surface area contributed by atoms with Crippen LogP contribution in [0.4, 0.5) is 5.69 Å². The SMILES string of the molecule is CC1(CNc2c(C(N)=S)cnc3ccccc23)CC1. The summed E-state index contributed by atoms with van der Waals surface area (Å²) in [6.07, 6.45) is 4.33. The van der Waals surface area contributed by atoms with E-state index in [0.29, 0.717) is 10.4 Å². The summed E-state index contributed by atoms with van der Waals surface area (Å²) in [5.41, 5.74) is 9.06. The molecule has 1 aliphatic rings. The lowest BCUT2D eigenvalue weighted by molar-refractivity contribution is 0.611. The Kier molecular flexibility index (Phi) is 2.90. The van der Waals surface area contributed by atoms with Gasteiger partial charge in [0.15, 0.2) is 0 Å². The molecule has 1 aromatic heterocycles. The largest absolute Gasteiger partial charge is 0.389 e. The topological polar surface area (TPSA) is 50.9 Å². The van der Waals surface area contributed by atoms with Crippen LogP contribution in [0.5, 0.6) is 0 Å². The number of aromatic nitrogens is 1. The van der Waals surface area contributed by atoms with Gasteiger partial charge in [-0.05, 0) is 24.3 Å². The molecular formula is C15H17N3S. The Bertz CT molecular complexity index is 647. The van der Waals surface area contributed by atoms with E-state index in [0.717, 1.165) is 28.7 Å². The fraction of sp³-hybridized carbons (Fsp3) is 0.333. The molecule has 3 rings (SSSR count). The fourth-order valence-corrected chi connectivity index (χ4v) is 2.37. The number of anilines is 1. The Labute approximate surface area is 118 Å². The van der Waals surface area contributed by atoms with E-state index in [2.05, 4.69) is 23.3 Å². The first-order valence-electron chi connectivity index (χ1n) is 6.50. The van der Waals surface area contributed by atoms with E-state index in [1.807, 2.05) is 18.2 Å². The van der Waals surface area contributed by atoms with Crippen molar-refractivity contribution in [3.05, 3.63) is 36.0 Å². The number of thiocarbonyl (C=S) groups is 1. The summed E-state index contributed by atoms with van der Waals surface area (Å²) >= 11 is 5.13. The van der Waals surface area contributed by atoms with Crippen molar-refractivity contribution in [2.45, 2.75) is 19.8 Å². The predicted molar refractivity (Wildman–Crippen MR) is 83.5 cm³/mol. The van der Waals surface area contributed by atoms with Crippen molar-refractivity contribution in [2.24, 2.45) is 11.1 Å². The average molecular weight is 271 g/mol. The van der Waals surface area contributed by atoms with Crippen LogP contribution in [0, 0.1) is 5.41 Å². The zero-order chi connectivity index (χ0) is 13.5. The standard InChI is InChI=1S/C15H17N3S/c1-15(6-7-15)9-18-13-10-4-2-3-5-12(10)17-8-11(13)14(16)19/h2-5,8H,6-7,9H2,1H3,(H2,16,19)(H,17,18). The van der Waals surface area contributed by atoms with E-state index in [1.165, 1.54) is 12.8 Å². The predicted octanol–water partition coefficient (Wildman–Crippen LogP) is 3.08. The molecule has 0 bridgehead atoms. The highest BCUT2D eigenvalue weighted by atomic mass is 32.1. The molecule has 1 saturated carbocycles. The van der Waals surface area contributed by atoms with Gasteiger partial charge in [0.1, 0.15) is 4.99 Å². The number of hydrogen-bond acceptors (Lipinski definition) is 3. The van der Waals surface area contributed by atoms with Gasteiger partial charge in [-0.2, -0.15) is 0 Å². The summed E-state index contributed by atoms with van der Waals surface area (Å²) in [7, 11) is 0. The van der Waals surface area contributed by atoms with E-state index in [9.17, 15) is 0 Å². The van der Waals surface area contributed by atoms with Crippen LogP contribution in [0.3, 0.4) is 0 Å². The molecule has 4 heteroatoms. The molecule has 1 aromatic carbocycles. The van der Waals surface area contributed by atoms with Crippen LogP contribution in [0.25, 0.3) is 10.9 Å². The van der Waals surface area contributed by atoms with Crippen molar-refractivity contribution < 1.29 is 0 Å². The number of nitrogens with zero attached hydrogens (tertiary/aromatic N) is 1. The van der Waals surface area contributed by atoms with Gasteiger partial charge in [-0.1, -0.05) is 37.3 Å². The Balaban J connectivity index is 2.06. The normalized spacial score (nSPS) is 16.3. The average Bonchev–Trinajstić information content (AvgIpc) is 3.14. The zero-order valence-electron chi connectivity index (χ0n) is 10.9. The van der Waals surface area contributed by atoms with Crippen LogP contribution in [-0.4, -0.2) is 16.5 Å². The first-order chi connectivity index (χ1) is 9.09. The molecule has 3 nitrogen and oxygen atoms in total. The van der Waals surface area contributed by atoms with Crippen molar-refractivity contribution in [3.63, 3.8) is 0 Å². The highest BCUT2D eigenvalue weighted by Crippen LogP contribution is 2.45. The Morgan fingerprint density at radius 3 is 2.84 bits per heavy atom. The number of rotatable bonds is 4. The first-order valence-corrected chi connectivity index (χ1v) is 6.91. The van der Waals surface area contributed by atoms with Gasteiger partial charge in [0, 0.05) is 18.1 Å². The van der Waals surface area contributed by atoms with Crippen molar-refractivity contribution in [2.75, 3.05) is 11.9 Å². The third-order valence-electron chi connectivity index (χ3n) is 3.84. The number of pyridine rings is 1. The van der Waals surface area contributed by atoms with Crippen molar-refractivity contribution in [1.29, 1.82) is 0 Å². The van der Waals surface area contributed by atoms with Gasteiger partial charge in [0.25, 0.3) is 0 Å². The third kappa shape index (κ3) is 2.40. The summed E-state index contributed by atoms with van der Waals surface area (Å²) in [5.74, 6) is 0. The highest BCUT2D eigenvalue weighted by molar-refractivity contribution is 7.80. The summed E-state index contributed by atoms with van der Waals surface area (Å²) in [4.78, 5) is 4.81. The molecule has 0 spiro atoms. The van der Waals surface area contributed by atoms with Gasteiger partial charge in [0.05, 0.1) is 16.8 Å². The maximum Gasteiger partial charge on any atom is 0.107 e. The van der Waals surface area contributed by atoms with Crippen LogP contribution < -0.4 is 11.1 Å². The molecule has 2 aromatic rings. The van der Waals surface area contributed by atoms with E-state index in [4.69, 9.17) is 18.0 Å². The Morgan fingerprint density at radius 1 is 1.42 bits per heavy atom. The number of nitrogens with one attached hydrogen (secondary N) is 1. The van der Waals surface area contributed by atoms with Gasteiger partial charge in [-0.25, -0.2) is 0 Å². The minimum Gasteiger partial charge on any atom is -0.389 e. The molecule has 0 atom stereocenters. The molecular weight excluding hydrogens is 254 g/mol. The number of hydrogen-bond donors (Lipinski definition) is 2. The number of nitrogens with two attached hydrogens (primary N) is 1. The molecule has 98 valence electrons. The van der Waals surface area contributed by atoms with Crippen molar-refractivity contribution in [1.82, 2.24) is 4.98 Å². The van der Waals surface area contributed by atoms with Gasteiger partial charge < -0.3 is 11.1 Å². The lowest BCUT2D eigenvalue weighted by Crippen LogP contribution is -2.18. The van der Waals surface area contributed by atoms with Gasteiger partial charge in [-0.15, -0.1) is 0 Å². The number of para-hydroxylation sites is 1. The maximum atomic E-state index is 5.81. The van der Waals surface area contributed by atoms with Crippen LogP contribution >= 0.6 is 12.2 Å². The van der Waals surface area contributed by atoms with E-state index < -0.39 is 0 Å². The highest BCUT2D eigenvalue weighted by Gasteiger charge is 2.37. The third-order valence-corrected chi connectivity index (χ3v) is 4.06. The van der Waals surface area contributed by atoms with Crippen LogP contribution in [0.1, 0.15) is 25.3 Å². The summed E-state index contributed by atoms with van der Waals surface area (Å²) in [5, 5.41) is 4.61. The van der Waals surface area contributed by atoms with Crippen LogP contribution in [0.2, 0.25) is 0 Å². The molecule has 0 unspecified atom stereocenters. The minimum atomic E-state index is 0.390. The monoisotopic (exact) mass is 271 g/mol. The Hall–Kier alpha value is -1.68. The molecule has 1 heterocycles. The number of benzene rings is 1. The fourth-order valence-electron chi connectivity index (χ4n) is 2.21. The van der Waals surface area contributed by atoms with Crippen molar-refractivity contribution in [3.8, 4) is 0 Å². The van der Waals surface area contributed by atoms with Crippen molar-refractivity contribution >= 4 is 33.8 Å². The molecule has 0 aliphatic heterocycles. The zero-order valence-corrected chi connectivity index (χ0v) is 11.8. The van der Waals surface area contributed by atoms with E-state index in [-0.39, 0.29) is 0 Å². The smallest absolute Gasteiger partial charge is 0.107 e. The minimum absolute atomic E-state index is 0.390. The lowest BCUT2D eigenvalue weighted by Gasteiger charge is -2.16. The molecule has 1 fully saturated rings. The van der Waals surface area contributed by atoms with E-state index in [1.54, 1.807) is 6.20 Å². The van der Waals surface area contributed by atoms with Gasteiger partial charge in [0.2, 0.25) is 0 Å². The maximum absolute atomic E-state index is 5.81. The van der Waals surface area contributed by atoms with Crippen LogP contribution in [0.15, 0.2) is 30.5 Å². The molecule has 3 N–H and O–H groups in total. The van der Waals surface area contributed by atoms with Gasteiger partial charge in [-0.3, -0.25) is 4.98 Å². The van der Waals surface area contributed by atoms with Crippen LogP contribution in [-0.2, 0) is 0 Å². The molecule has 19 heavy (non-hydrogen) atoms. The second-order valence-electron chi connectivity index (χ2n) is 5.59. The summed E-state index contributed by atoms with van der Waals surface area (Å²) in [6, 6.07) is 8.06. The number of fused-ring (bicyclic) bond motifs is 1. The molecule has 0 amide bonds.